The van der Waals surface area contributed by atoms with E-state index < -0.39 is 63.7 Å². The molecule has 0 fully saturated rings. The average molecular weight is 430 g/mol. The van der Waals surface area contributed by atoms with Crippen molar-refractivity contribution in [2.45, 2.75) is 30.7 Å². The van der Waals surface area contributed by atoms with Gasteiger partial charge in [-0.2, -0.15) is 0 Å². The van der Waals surface area contributed by atoms with E-state index in [9.17, 15) is 4.79 Å². The van der Waals surface area contributed by atoms with Gasteiger partial charge in [0.2, 0.25) is 5.91 Å². The number of aliphatic hydroxyl groups is 4. The van der Waals surface area contributed by atoms with Gasteiger partial charge in [0.1, 0.15) is 12.2 Å². The molecule has 1 rings (SSSR count). The minimum absolute atomic E-state index is 0.100. The standard InChI is InChI=1S/C18H31BN2O9/c20-17(5-12-1-3-13(4-2-12)19(27)28)18(26)21-14(10-29-15(6-22)7-23)11-30-16(8-24)9-25/h1-4,14-17,22-25,27-28H,5-11,20H2,(H,21,26)/t17-/m0/s1. The second-order valence-corrected chi connectivity index (χ2v) is 6.77. The van der Waals surface area contributed by atoms with Crippen molar-refractivity contribution < 1.29 is 44.7 Å². The molecule has 11 nitrogen and oxygen atoms in total. The van der Waals surface area contributed by atoms with Gasteiger partial charge in [-0.05, 0) is 17.4 Å². The monoisotopic (exact) mass is 430 g/mol. The number of aliphatic hydroxyl groups excluding tert-OH is 4. The molecule has 0 aromatic heterocycles. The number of hydrogen-bond donors (Lipinski definition) is 8. The van der Waals surface area contributed by atoms with Crippen molar-refractivity contribution in [1.82, 2.24) is 5.32 Å². The molecule has 0 saturated carbocycles. The van der Waals surface area contributed by atoms with Crippen LogP contribution in [0.25, 0.3) is 0 Å². The minimum Gasteiger partial charge on any atom is -0.423 e. The molecule has 0 spiro atoms. The van der Waals surface area contributed by atoms with Gasteiger partial charge in [-0.15, -0.1) is 0 Å². The van der Waals surface area contributed by atoms with Crippen LogP contribution in [0.4, 0.5) is 0 Å². The summed E-state index contributed by atoms with van der Waals surface area (Å²) in [5, 5.41) is 57.3. The van der Waals surface area contributed by atoms with E-state index in [2.05, 4.69) is 5.32 Å². The van der Waals surface area contributed by atoms with Crippen LogP contribution in [0.15, 0.2) is 24.3 Å². The molecule has 0 aliphatic carbocycles. The number of hydrogen-bond acceptors (Lipinski definition) is 10. The van der Waals surface area contributed by atoms with Crippen LogP contribution in [0.3, 0.4) is 0 Å². The Morgan fingerprint density at radius 2 is 1.40 bits per heavy atom. The maximum atomic E-state index is 12.5. The fourth-order valence-electron chi connectivity index (χ4n) is 2.44. The van der Waals surface area contributed by atoms with Crippen molar-refractivity contribution in [1.29, 1.82) is 0 Å². The van der Waals surface area contributed by atoms with Crippen LogP contribution >= 0.6 is 0 Å². The molecule has 0 saturated heterocycles. The Labute approximate surface area is 175 Å². The zero-order valence-corrected chi connectivity index (χ0v) is 16.6. The number of amides is 1. The van der Waals surface area contributed by atoms with Crippen molar-refractivity contribution in [3.8, 4) is 0 Å². The van der Waals surface area contributed by atoms with Crippen molar-refractivity contribution >= 4 is 18.5 Å². The summed E-state index contributed by atoms with van der Waals surface area (Å²) in [6.45, 7) is -1.84. The van der Waals surface area contributed by atoms with Crippen molar-refractivity contribution in [2.75, 3.05) is 39.6 Å². The molecule has 0 radical (unpaired) electrons. The van der Waals surface area contributed by atoms with Gasteiger partial charge in [0.05, 0.1) is 51.7 Å². The van der Waals surface area contributed by atoms with Gasteiger partial charge < -0.3 is 51.0 Å². The maximum absolute atomic E-state index is 12.5. The maximum Gasteiger partial charge on any atom is 0.488 e. The Morgan fingerprint density at radius 1 is 0.933 bits per heavy atom. The van der Waals surface area contributed by atoms with Crippen LogP contribution in [0.5, 0.6) is 0 Å². The third-order valence-corrected chi connectivity index (χ3v) is 4.30. The van der Waals surface area contributed by atoms with Crippen LogP contribution in [-0.2, 0) is 20.7 Å². The molecule has 0 unspecified atom stereocenters. The number of carbonyl (C=O) groups is 1. The quantitative estimate of drug-likeness (QED) is 0.126. The largest absolute Gasteiger partial charge is 0.488 e. The highest BCUT2D eigenvalue weighted by Gasteiger charge is 2.22. The second kappa shape index (κ2) is 14.4. The summed E-state index contributed by atoms with van der Waals surface area (Å²) in [6.07, 6.45) is -1.47. The number of benzene rings is 1. The van der Waals surface area contributed by atoms with E-state index in [1.807, 2.05) is 0 Å². The number of carbonyl (C=O) groups excluding carboxylic acids is 1. The van der Waals surface area contributed by atoms with Gasteiger partial charge in [-0.3, -0.25) is 4.79 Å². The molecular formula is C18H31BN2O9. The minimum atomic E-state index is -1.58. The molecule has 0 aliphatic heterocycles. The van der Waals surface area contributed by atoms with Crippen LogP contribution in [-0.4, -0.2) is 107 Å². The molecule has 12 heteroatoms. The van der Waals surface area contributed by atoms with E-state index in [4.69, 9.17) is 45.7 Å². The lowest BCUT2D eigenvalue weighted by Crippen LogP contribution is -2.50. The summed E-state index contributed by atoms with van der Waals surface area (Å²) in [6, 6.07) is 4.66. The summed E-state index contributed by atoms with van der Waals surface area (Å²) in [4.78, 5) is 12.5. The third-order valence-electron chi connectivity index (χ3n) is 4.30. The highest BCUT2D eigenvalue weighted by Crippen LogP contribution is 2.03. The molecule has 0 heterocycles. The van der Waals surface area contributed by atoms with Gasteiger partial charge in [0, 0.05) is 0 Å². The van der Waals surface area contributed by atoms with Gasteiger partial charge in [0.25, 0.3) is 0 Å². The highest BCUT2D eigenvalue weighted by molar-refractivity contribution is 6.58. The first kappa shape index (κ1) is 26.4. The molecule has 1 amide bonds. The van der Waals surface area contributed by atoms with Crippen LogP contribution in [0.2, 0.25) is 0 Å². The molecule has 9 N–H and O–H groups in total. The smallest absolute Gasteiger partial charge is 0.423 e. The lowest BCUT2D eigenvalue weighted by molar-refractivity contribution is -0.125. The van der Waals surface area contributed by atoms with Crippen LogP contribution < -0.4 is 16.5 Å². The fourth-order valence-corrected chi connectivity index (χ4v) is 2.44. The predicted molar refractivity (Wildman–Crippen MR) is 108 cm³/mol. The lowest BCUT2D eigenvalue weighted by Gasteiger charge is -2.24. The summed E-state index contributed by atoms with van der Waals surface area (Å²) < 4.78 is 10.7. The number of nitrogens with two attached hydrogens (primary N) is 1. The molecule has 170 valence electrons. The van der Waals surface area contributed by atoms with E-state index in [1.54, 1.807) is 12.1 Å². The van der Waals surface area contributed by atoms with E-state index in [0.717, 1.165) is 0 Å². The normalized spacial score (nSPS) is 12.6. The number of rotatable bonds is 15. The number of nitrogens with one attached hydrogen (secondary N) is 1. The van der Waals surface area contributed by atoms with Crippen LogP contribution in [0.1, 0.15) is 5.56 Å². The van der Waals surface area contributed by atoms with Crippen molar-refractivity contribution in [3.05, 3.63) is 29.8 Å². The van der Waals surface area contributed by atoms with E-state index in [1.165, 1.54) is 12.1 Å². The highest BCUT2D eigenvalue weighted by atomic mass is 16.5. The topological polar surface area (TPSA) is 195 Å². The second-order valence-electron chi connectivity index (χ2n) is 6.77. The van der Waals surface area contributed by atoms with E-state index in [0.29, 0.717) is 11.0 Å². The van der Waals surface area contributed by atoms with Crippen molar-refractivity contribution in [3.63, 3.8) is 0 Å². The fraction of sp³-hybridized carbons (Fsp3) is 0.611. The molecule has 0 bridgehead atoms. The summed E-state index contributed by atoms with van der Waals surface area (Å²) in [5.41, 5.74) is 6.99. The molecule has 1 aromatic rings. The first-order valence-corrected chi connectivity index (χ1v) is 9.52. The van der Waals surface area contributed by atoms with Gasteiger partial charge in [0.15, 0.2) is 0 Å². The Hall–Kier alpha value is -1.61. The predicted octanol–water partition coefficient (Wildman–Crippen LogP) is -4.54. The first-order valence-electron chi connectivity index (χ1n) is 9.52. The SMILES string of the molecule is N[C@@H](Cc1ccc(B(O)O)cc1)C(=O)NC(COC(CO)CO)COC(CO)CO. The third kappa shape index (κ3) is 9.47. The molecule has 0 aliphatic rings. The molecule has 1 atom stereocenters. The molecule has 1 aromatic carbocycles. The first-order chi connectivity index (χ1) is 14.3. The van der Waals surface area contributed by atoms with Crippen molar-refractivity contribution in [2.24, 2.45) is 5.73 Å². The zero-order chi connectivity index (χ0) is 22.5. The van der Waals surface area contributed by atoms with E-state index >= 15 is 0 Å². The summed E-state index contributed by atoms with van der Waals surface area (Å²) >= 11 is 0. The Balaban J connectivity index is 2.67. The average Bonchev–Trinajstić information content (AvgIpc) is 2.75. The van der Waals surface area contributed by atoms with Gasteiger partial charge >= 0.3 is 7.12 Å². The summed E-state index contributed by atoms with van der Waals surface area (Å²) in [5.74, 6) is -0.507. The zero-order valence-electron chi connectivity index (χ0n) is 16.6. The molecule has 30 heavy (non-hydrogen) atoms. The Bertz CT molecular complexity index is 582. The lowest BCUT2D eigenvalue weighted by atomic mass is 9.80. The van der Waals surface area contributed by atoms with Gasteiger partial charge in [-0.1, -0.05) is 24.3 Å². The summed E-state index contributed by atoms with van der Waals surface area (Å²) in [7, 11) is -1.58. The van der Waals surface area contributed by atoms with E-state index in [-0.39, 0.29) is 19.6 Å². The Morgan fingerprint density at radius 3 is 1.80 bits per heavy atom. The van der Waals surface area contributed by atoms with Gasteiger partial charge in [-0.25, -0.2) is 0 Å². The Kier molecular flexibility index (Phi) is 12.7. The number of ether oxygens (including phenoxy) is 2. The molecular weight excluding hydrogens is 399 g/mol. The van der Waals surface area contributed by atoms with Crippen LogP contribution in [0, 0.1) is 0 Å².